The fourth-order valence-electron chi connectivity index (χ4n) is 5.09. The van der Waals surface area contributed by atoms with Gasteiger partial charge in [0, 0.05) is 26.2 Å². The third kappa shape index (κ3) is 4.45. The minimum absolute atomic E-state index is 0.0280. The Labute approximate surface area is 179 Å². The Morgan fingerprint density at radius 1 is 1.03 bits per heavy atom. The van der Waals surface area contributed by atoms with Crippen LogP contribution in [0.2, 0.25) is 0 Å². The van der Waals surface area contributed by atoms with Gasteiger partial charge >= 0.3 is 0 Å². The third-order valence-corrected chi connectivity index (χ3v) is 6.96. The molecule has 0 radical (unpaired) electrons. The number of rotatable bonds is 6. The van der Waals surface area contributed by atoms with Crippen molar-refractivity contribution in [3.63, 3.8) is 0 Å². The number of amides is 1. The molecule has 1 atom stereocenters. The number of hydrogen-bond donors (Lipinski definition) is 1. The van der Waals surface area contributed by atoms with Gasteiger partial charge in [0.1, 0.15) is 0 Å². The lowest BCUT2D eigenvalue weighted by molar-refractivity contribution is -0.150. The Morgan fingerprint density at radius 3 is 2.53 bits per heavy atom. The van der Waals surface area contributed by atoms with Crippen molar-refractivity contribution < 1.29 is 9.53 Å². The van der Waals surface area contributed by atoms with Crippen LogP contribution >= 0.6 is 0 Å². The number of nitrogens with one attached hydrogen (secondary N) is 1. The first kappa shape index (κ1) is 19.8. The minimum atomic E-state index is -0.247. The standard InChI is InChI=1S/C26H32N2O2/c29-25(27-18-20-10-11-20)17-23-16-22-8-4-5-9-24(22)26(30-23)12-14-28(15-13-26)19-21-6-2-1-3-7-21/h1-9,20,23H,10-19H2,(H,27,29). The molecule has 2 aromatic rings. The molecule has 1 amide bonds. The van der Waals surface area contributed by atoms with Crippen molar-refractivity contribution in [2.45, 2.75) is 56.8 Å². The average Bonchev–Trinajstić information content (AvgIpc) is 3.60. The number of piperidine rings is 1. The third-order valence-electron chi connectivity index (χ3n) is 6.96. The van der Waals surface area contributed by atoms with E-state index in [9.17, 15) is 4.79 Å². The van der Waals surface area contributed by atoms with Crippen LogP contribution in [0.15, 0.2) is 54.6 Å². The van der Waals surface area contributed by atoms with Crippen molar-refractivity contribution in [2.24, 2.45) is 5.92 Å². The van der Waals surface area contributed by atoms with Gasteiger partial charge in [0.25, 0.3) is 0 Å². The molecule has 5 rings (SSSR count). The second kappa shape index (κ2) is 8.52. The summed E-state index contributed by atoms with van der Waals surface area (Å²) in [6, 6.07) is 19.4. The van der Waals surface area contributed by atoms with E-state index in [1.54, 1.807) is 0 Å². The maximum absolute atomic E-state index is 12.5. The van der Waals surface area contributed by atoms with Gasteiger partial charge in [0.05, 0.1) is 18.1 Å². The Balaban J connectivity index is 1.26. The number of hydrogen-bond acceptors (Lipinski definition) is 3. The van der Waals surface area contributed by atoms with Crippen LogP contribution in [0.5, 0.6) is 0 Å². The van der Waals surface area contributed by atoms with Crippen LogP contribution < -0.4 is 5.32 Å². The van der Waals surface area contributed by atoms with Crippen LogP contribution in [0, 0.1) is 5.92 Å². The predicted molar refractivity (Wildman–Crippen MR) is 118 cm³/mol. The van der Waals surface area contributed by atoms with Crippen LogP contribution in [0.25, 0.3) is 0 Å². The van der Waals surface area contributed by atoms with Gasteiger partial charge in [-0.2, -0.15) is 0 Å². The van der Waals surface area contributed by atoms with Crippen molar-refractivity contribution in [3.8, 4) is 0 Å². The lowest BCUT2D eigenvalue weighted by Gasteiger charge is -2.47. The summed E-state index contributed by atoms with van der Waals surface area (Å²) in [5.41, 5.74) is 3.83. The average molecular weight is 405 g/mol. The summed E-state index contributed by atoms with van der Waals surface area (Å²) in [6.45, 7) is 3.86. The molecule has 1 saturated carbocycles. The zero-order chi connectivity index (χ0) is 20.4. The zero-order valence-corrected chi connectivity index (χ0v) is 17.7. The molecule has 1 aliphatic carbocycles. The number of carbonyl (C=O) groups excluding carboxylic acids is 1. The molecule has 2 fully saturated rings. The van der Waals surface area contributed by atoms with Gasteiger partial charge in [-0.05, 0) is 54.7 Å². The lowest BCUT2D eigenvalue weighted by Crippen LogP contribution is -2.49. The summed E-state index contributed by atoms with van der Waals surface area (Å²) in [5, 5.41) is 3.11. The van der Waals surface area contributed by atoms with Crippen LogP contribution in [0.1, 0.15) is 48.8 Å². The maximum Gasteiger partial charge on any atom is 0.222 e. The summed E-state index contributed by atoms with van der Waals surface area (Å²) >= 11 is 0. The highest BCUT2D eigenvalue weighted by Crippen LogP contribution is 2.44. The fraction of sp³-hybridized carbons (Fsp3) is 0.500. The maximum atomic E-state index is 12.5. The van der Waals surface area contributed by atoms with Crippen molar-refractivity contribution in [3.05, 3.63) is 71.3 Å². The summed E-state index contributed by atoms with van der Waals surface area (Å²) in [5.74, 6) is 0.852. The number of carbonyl (C=O) groups is 1. The second-order valence-corrected chi connectivity index (χ2v) is 9.31. The van der Waals surface area contributed by atoms with Crippen molar-refractivity contribution >= 4 is 5.91 Å². The number of fused-ring (bicyclic) bond motifs is 2. The first-order chi connectivity index (χ1) is 14.7. The topological polar surface area (TPSA) is 41.6 Å². The molecule has 1 saturated heterocycles. The van der Waals surface area contributed by atoms with Gasteiger partial charge in [-0.15, -0.1) is 0 Å². The van der Waals surface area contributed by atoms with E-state index in [2.05, 4.69) is 64.8 Å². The second-order valence-electron chi connectivity index (χ2n) is 9.31. The van der Waals surface area contributed by atoms with E-state index >= 15 is 0 Å². The van der Waals surface area contributed by atoms with Crippen LogP contribution in [0.3, 0.4) is 0 Å². The molecule has 1 N–H and O–H groups in total. The highest BCUT2D eigenvalue weighted by Gasteiger charge is 2.43. The molecule has 2 aromatic carbocycles. The van der Waals surface area contributed by atoms with Crippen LogP contribution in [-0.4, -0.2) is 36.5 Å². The number of nitrogens with zero attached hydrogens (tertiary/aromatic N) is 1. The zero-order valence-electron chi connectivity index (χ0n) is 17.7. The van der Waals surface area contributed by atoms with Gasteiger partial charge < -0.3 is 10.1 Å². The van der Waals surface area contributed by atoms with Crippen molar-refractivity contribution in [1.82, 2.24) is 10.2 Å². The summed E-state index contributed by atoms with van der Waals surface area (Å²) in [6.07, 6.45) is 5.76. The summed E-state index contributed by atoms with van der Waals surface area (Å²) in [4.78, 5) is 15.0. The molecule has 1 unspecified atom stereocenters. The quantitative estimate of drug-likeness (QED) is 0.790. The molecule has 2 aliphatic heterocycles. The molecule has 3 aliphatic rings. The SMILES string of the molecule is O=C(CC1Cc2ccccc2C2(CCN(Cc3ccccc3)CC2)O1)NCC1CC1. The van der Waals surface area contributed by atoms with Crippen molar-refractivity contribution in [1.29, 1.82) is 0 Å². The van der Waals surface area contributed by atoms with Crippen LogP contribution in [-0.2, 0) is 28.1 Å². The first-order valence-corrected chi connectivity index (χ1v) is 11.5. The molecule has 1 spiro atoms. The molecule has 30 heavy (non-hydrogen) atoms. The van der Waals surface area contributed by atoms with Gasteiger partial charge in [-0.3, -0.25) is 9.69 Å². The Bertz CT molecular complexity index is 870. The Morgan fingerprint density at radius 2 is 1.77 bits per heavy atom. The predicted octanol–water partition coefficient (Wildman–Crippen LogP) is 4.04. The van der Waals surface area contributed by atoms with E-state index in [1.165, 1.54) is 29.5 Å². The largest absolute Gasteiger partial charge is 0.366 e. The number of ether oxygens (including phenoxy) is 1. The van der Waals surface area contributed by atoms with Gasteiger partial charge in [0.2, 0.25) is 5.91 Å². The van der Waals surface area contributed by atoms with Crippen LogP contribution in [0.4, 0.5) is 0 Å². The molecular formula is C26H32N2O2. The number of likely N-dealkylation sites (tertiary alicyclic amines) is 1. The van der Waals surface area contributed by atoms with E-state index in [0.29, 0.717) is 12.3 Å². The molecule has 0 aromatic heterocycles. The fourth-order valence-corrected chi connectivity index (χ4v) is 5.09. The highest BCUT2D eigenvalue weighted by molar-refractivity contribution is 5.76. The molecular weight excluding hydrogens is 372 g/mol. The van der Waals surface area contributed by atoms with E-state index in [0.717, 1.165) is 45.4 Å². The van der Waals surface area contributed by atoms with E-state index in [4.69, 9.17) is 4.74 Å². The highest BCUT2D eigenvalue weighted by atomic mass is 16.5. The minimum Gasteiger partial charge on any atom is -0.366 e. The number of benzene rings is 2. The molecule has 4 heteroatoms. The first-order valence-electron chi connectivity index (χ1n) is 11.5. The van der Waals surface area contributed by atoms with Gasteiger partial charge in [-0.1, -0.05) is 54.6 Å². The summed E-state index contributed by atoms with van der Waals surface area (Å²) in [7, 11) is 0. The Kier molecular flexibility index (Phi) is 5.62. The van der Waals surface area contributed by atoms with Gasteiger partial charge in [-0.25, -0.2) is 0 Å². The monoisotopic (exact) mass is 404 g/mol. The Hall–Kier alpha value is -2.17. The van der Waals surface area contributed by atoms with E-state index in [1.807, 2.05) is 0 Å². The molecule has 158 valence electrons. The van der Waals surface area contributed by atoms with E-state index in [-0.39, 0.29) is 17.6 Å². The normalized spacial score (nSPS) is 23.1. The molecule has 0 bridgehead atoms. The summed E-state index contributed by atoms with van der Waals surface area (Å²) < 4.78 is 6.75. The molecule has 4 nitrogen and oxygen atoms in total. The van der Waals surface area contributed by atoms with E-state index < -0.39 is 0 Å². The lowest BCUT2D eigenvalue weighted by atomic mass is 9.77. The van der Waals surface area contributed by atoms with Gasteiger partial charge in [0.15, 0.2) is 0 Å². The van der Waals surface area contributed by atoms with Crippen molar-refractivity contribution in [2.75, 3.05) is 19.6 Å². The smallest absolute Gasteiger partial charge is 0.222 e. The molecule has 2 heterocycles.